The van der Waals surface area contributed by atoms with E-state index in [0.717, 1.165) is 18.4 Å². The van der Waals surface area contributed by atoms with Gasteiger partial charge in [-0.05, 0) is 42.7 Å². The quantitative estimate of drug-likeness (QED) is 0.751. The molecule has 1 aliphatic rings. The standard InChI is InChI=1S/C18H20N2O6S/c1-25-18(22)14-6-4-13(5-7-14)12-19-17(21)15-8-9-16(26-15)27(23,24)20-10-2-3-11-20/h4-9H,2-3,10-12H2,1H3,(H,19,21). The van der Waals surface area contributed by atoms with Crippen molar-refractivity contribution in [3.05, 3.63) is 53.3 Å². The van der Waals surface area contributed by atoms with E-state index in [-0.39, 0.29) is 17.4 Å². The van der Waals surface area contributed by atoms with Crippen LogP contribution >= 0.6 is 0 Å². The van der Waals surface area contributed by atoms with Crippen LogP contribution in [0.2, 0.25) is 0 Å². The molecule has 27 heavy (non-hydrogen) atoms. The first-order valence-corrected chi connectivity index (χ1v) is 9.91. The van der Waals surface area contributed by atoms with Crippen LogP contribution < -0.4 is 5.32 Å². The highest BCUT2D eigenvalue weighted by Crippen LogP contribution is 2.22. The van der Waals surface area contributed by atoms with E-state index in [1.807, 2.05) is 0 Å². The number of carbonyl (C=O) groups is 2. The Morgan fingerprint density at radius 1 is 1.11 bits per heavy atom. The van der Waals surface area contributed by atoms with Gasteiger partial charge in [-0.15, -0.1) is 0 Å². The Labute approximate surface area is 157 Å². The van der Waals surface area contributed by atoms with Gasteiger partial charge in [0.05, 0.1) is 12.7 Å². The zero-order valence-corrected chi connectivity index (χ0v) is 15.6. The third kappa shape index (κ3) is 4.20. The fourth-order valence-electron chi connectivity index (χ4n) is 2.78. The van der Waals surface area contributed by atoms with E-state index in [4.69, 9.17) is 4.42 Å². The second kappa shape index (κ2) is 7.93. The molecule has 2 aromatic rings. The van der Waals surface area contributed by atoms with E-state index in [1.54, 1.807) is 24.3 Å². The second-order valence-corrected chi connectivity index (χ2v) is 7.97. The van der Waals surface area contributed by atoms with E-state index in [9.17, 15) is 18.0 Å². The summed E-state index contributed by atoms with van der Waals surface area (Å²) in [6.07, 6.45) is 1.64. The summed E-state index contributed by atoms with van der Waals surface area (Å²) < 4.78 is 36.1. The Balaban J connectivity index is 1.62. The number of benzene rings is 1. The van der Waals surface area contributed by atoms with Gasteiger partial charge in [-0.1, -0.05) is 12.1 Å². The zero-order valence-electron chi connectivity index (χ0n) is 14.8. The Morgan fingerprint density at radius 2 is 1.78 bits per heavy atom. The minimum atomic E-state index is -3.69. The maximum Gasteiger partial charge on any atom is 0.337 e. The van der Waals surface area contributed by atoms with Crippen molar-refractivity contribution in [2.45, 2.75) is 24.5 Å². The predicted molar refractivity (Wildman–Crippen MR) is 95.7 cm³/mol. The summed E-state index contributed by atoms with van der Waals surface area (Å²) in [5.74, 6) is -1.03. The van der Waals surface area contributed by atoms with Gasteiger partial charge in [-0.25, -0.2) is 13.2 Å². The molecule has 1 saturated heterocycles. The molecule has 0 saturated carbocycles. The molecule has 1 aliphatic heterocycles. The van der Waals surface area contributed by atoms with Gasteiger partial charge in [0.1, 0.15) is 0 Å². The largest absolute Gasteiger partial charge is 0.465 e. The average molecular weight is 392 g/mol. The summed E-state index contributed by atoms with van der Waals surface area (Å²) in [6, 6.07) is 9.23. The third-order valence-electron chi connectivity index (χ3n) is 4.29. The molecule has 0 spiro atoms. The molecule has 3 rings (SSSR count). The first-order valence-electron chi connectivity index (χ1n) is 8.47. The Kier molecular flexibility index (Phi) is 5.62. The lowest BCUT2D eigenvalue weighted by Gasteiger charge is -2.12. The summed E-state index contributed by atoms with van der Waals surface area (Å²) in [4.78, 5) is 23.6. The summed E-state index contributed by atoms with van der Waals surface area (Å²) in [6.45, 7) is 1.13. The van der Waals surface area contributed by atoms with Gasteiger partial charge in [-0.3, -0.25) is 4.79 Å². The number of rotatable bonds is 6. The molecule has 144 valence electrons. The van der Waals surface area contributed by atoms with Crippen LogP contribution in [0.5, 0.6) is 0 Å². The Bertz CT molecular complexity index is 927. The Hall–Kier alpha value is -2.65. The number of amides is 1. The molecule has 0 unspecified atom stereocenters. The first kappa shape index (κ1) is 19.1. The van der Waals surface area contributed by atoms with Crippen LogP contribution in [0.4, 0.5) is 0 Å². The number of sulfonamides is 1. The van der Waals surface area contributed by atoms with E-state index in [1.165, 1.54) is 23.5 Å². The monoisotopic (exact) mass is 392 g/mol. The van der Waals surface area contributed by atoms with E-state index in [2.05, 4.69) is 10.1 Å². The van der Waals surface area contributed by atoms with Gasteiger partial charge in [0, 0.05) is 19.6 Å². The van der Waals surface area contributed by atoms with Crippen LogP contribution in [-0.2, 0) is 21.3 Å². The van der Waals surface area contributed by atoms with Gasteiger partial charge in [0.15, 0.2) is 5.76 Å². The lowest BCUT2D eigenvalue weighted by molar-refractivity contribution is 0.0600. The van der Waals surface area contributed by atoms with Crippen molar-refractivity contribution in [1.29, 1.82) is 0 Å². The van der Waals surface area contributed by atoms with Gasteiger partial charge >= 0.3 is 5.97 Å². The van der Waals surface area contributed by atoms with Crippen molar-refractivity contribution in [1.82, 2.24) is 9.62 Å². The van der Waals surface area contributed by atoms with Crippen LogP contribution in [0.1, 0.15) is 39.3 Å². The molecule has 1 N–H and O–H groups in total. The lowest BCUT2D eigenvalue weighted by Crippen LogP contribution is -2.27. The van der Waals surface area contributed by atoms with E-state index < -0.39 is 21.9 Å². The van der Waals surface area contributed by atoms with Gasteiger partial charge in [0.2, 0.25) is 5.09 Å². The first-order chi connectivity index (χ1) is 12.9. The van der Waals surface area contributed by atoms with E-state index >= 15 is 0 Å². The third-order valence-corrected chi connectivity index (χ3v) is 6.07. The second-order valence-electron chi connectivity index (χ2n) is 6.10. The molecular formula is C18H20N2O6S. The highest BCUT2D eigenvalue weighted by molar-refractivity contribution is 7.89. The summed E-state index contributed by atoms with van der Waals surface area (Å²) in [7, 11) is -2.39. The SMILES string of the molecule is COC(=O)c1ccc(CNC(=O)c2ccc(S(=O)(=O)N3CCCC3)o2)cc1. The molecule has 9 heteroatoms. The molecular weight excluding hydrogens is 372 g/mol. The van der Waals surface area contributed by atoms with Crippen LogP contribution in [0.15, 0.2) is 45.9 Å². The smallest absolute Gasteiger partial charge is 0.337 e. The van der Waals surface area contributed by atoms with Gasteiger partial charge < -0.3 is 14.5 Å². The zero-order chi connectivity index (χ0) is 19.4. The average Bonchev–Trinajstić information content (AvgIpc) is 3.38. The number of carbonyl (C=O) groups excluding carboxylic acids is 2. The highest BCUT2D eigenvalue weighted by atomic mass is 32.2. The van der Waals surface area contributed by atoms with Gasteiger partial charge in [-0.2, -0.15) is 4.31 Å². The number of furan rings is 1. The maximum absolute atomic E-state index is 12.4. The Morgan fingerprint density at radius 3 is 2.41 bits per heavy atom. The van der Waals surface area contributed by atoms with E-state index in [0.29, 0.717) is 18.7 Å². The molecule has 1 aromatic heterocycles. The predicted octanol–water partition coefficient (Wildman–Crippen LogP) is 1.78. The maximum atomic E-state index is 12.4. The fraction of sp³-hybridized carbons (Fsp3) is 0.333. The number of nitrogens with one attached hydrogen (secondary N) is 1. The van der Waals surface area contributed by atoms with Crippen LogP contribution in [-0.4, -0.2) is 44.8 Å². The topological polar surface area (TPSA) is 106 Å². The number of hydrogen-bond acceptors (Lipinski definition) is 6. The molecule has 1 aromatic carbocycles. The van der Waals surface area contributed by atoms with Crippen molar-refractivity contribution >= 4 is 21.9 Å². The molecule has 0 bridgehead atoms. The molecule has 0 aliphatic carbocycles. The minimum Gasteiger partial charge on any atom is -0.465 e. The van der Waals surface area contributed by atoms with Crippen molar-refractivity contribution in [2.24, 2.45) is 0 Å². The van der Waals surface area contributed by atoms with Crippen LogP contribution in [0, 0.1) is 0 Å². The summed E-state index contributed by atoms with van der Waals surface area (Å²) in [5, 5.41) is 2.43. The summed E-state index contributed by atoms with van der Waals surface area (Å²) >= 11 is 0. The fourth-order valence-corrected chi connectivity index (χ4v) is 4.21. The van der Waals surface area contributed by atoms with Crippen molar-refractivity contribution in [2.75, 3.05) is 20.2 Å². The minimum absolute atomic E-state index is 0.0704. The number of ether oxygens (including phenoxy) is 1. The van der Waals surface area contributed by atoms with Crippen molar-refractivity contribution < 1.29 is 27.2 Å². The van der Waals surface area contributed by atoms with Crippen molar-refractivity contribution in [3.63, 3.8) is 0 Å². The molecule has 1 amide bonds. The number of esters is 1. The lowest BCUT2D eigenvalue weighted by atomic mass is 10.1. The van der Waals surface area contributed by atoms with Crippen molar-refractivity contribution in [3.8, 4) is 0 Å². The molecule has 8 nitrogen and oxygen atoms in total. The number of hydrogen-bond donors (Lipinski definition) is 1. The van der Waals surface area contributed by atoms with Crippen LogP contribution in [0.3, 0.4) is 0 Å². The molecule has 2 heterocycles. The van der Waals surface area contributed by atoms with Crippen LogP contribution in [0.25, 0.3) is 0 Å². The number of nitrogens with zero attached hydrogens (tertiary/aromatic N) is 1. The molecule has 0 radical (unpaired) electrons. The van der Waals surface area contributed by atoms with Gasteiger partial charge in [0.25, 0.3) is 15.9 Å². The number of methoxy groups -OCH3 is 1. The highest BCUT2D eigenvalue weighted by Gasteiger charge is 2.30. The molecule has 0 atom stereocenters. The normalized spacial score (nSPS) is 14.9. The summed E-state index contributed by atoms with van der Waals surface area (Å²) in [5.41, 5.74) is 1.18. The molecule has 1 fully saturated rings.